The van der Waals surface area contributed by atoms with Crippen molar-refractivity contribution >= 4 is 7.82 Å². The molecular weight excluding hydrogens is 263 g/mol. The second kappa shape index (κ2) is 3.47. The summed E-state index contributed by atoms with van der Waals surface area (Å²) in [5.74, 6) is 2.74. The predicted molar refractivity (Wildman–Crippen MR) is 68.5 cm³/mol. The minimum atomic E-state index is -3.16. The van der Waals surface area contributed by atoms with E-state index in [0.29, 0.717) is 25.2 Å². The summed E-state index contributed by atoms with van der Waals surface area (Å²) < 4.78 is 28.3. The predicted octanol–water partition coefficient (Wildman–Crippen LogP) is 3.37. The van der Waals surface area contributed by atoms with Crippen LogP contribution in [0.5, 0.6) is 0 Å². The van der Waals surface area contributed by atoms with Gasteiger partial charge in [-0.15, -0.1) is 0 Å². The molecule has 19 heavy (non-hydrogen) atoms. The molecule has 0 unspecified atom stereocenters. The van der Waals surface area contributed by atoms with Crippen molar-refractivity contribution in [1.82, 2.24) is 0 Å². The van der Waals surface area contributed by atoms with Crippen LogP contribution in [0.3, 0.4) is 0 Å². The molecule has 7 fully saturated rings. The van der Waals surface area contributed by atoms with Crippen LogP contribution >= 0.6 is 7.82 Å². The smallest absolute Gasteiger partial charge is 0.286 e. The summed E-state index contributed by atoms with van der Waals surface area (Å²) in [6, 6.07) is 0. The van der Waals surface area contributed by atoms with Crippen LogP contribution in [-0.2, 0) is 18.1 Å². The Kier molecular flexibility index (Phi) is 2.14. The Balaban J connectivity index is 1.54. The zero-order valence-corrected chi connectivity index (χ0v) is 12.1. The van der Waals surface area contributed by atoms with Crippen molar-refractivity contribution in [3.05, 3.63) is 0 Å². The number of hydrogen-bond acceptors (Lipinski definition) is 4. The summed E-state index contributed by atoms with van der Waals surface area (Å²) in [6.07, 6.45) is 8.28. The first-order valence-corrected chi connectivity index (χ1v) is 9.10. The van der Waals surface area contributed by atoms with Gasteiger partial charge in [0.05, 0.1) is 19.8 Å². The Labute approximate surface area is 113 Å². The zero-order chi connectivity index (χ0) is 12.7. The number of fused-ring (bicyclic) bond motifs is 3. The van der Waals surface area contributed by atoms with Crippen molar-refractivity contribution in [1.29, 1.82) is 0 Å². The Morgan fingerprint density at radius 3 is 1.58 bits per heavy atom. The lowest BCUT2D eigenvalue weighted by Crippen LogP contribution is -2.62. The van der Waals surface area contributed by atoms with E-state index in [1.807, 2.05) is 0 Å². The van der Waals surface area contributed by atoms with Crippen molar-refractivity contribution < 1.29 is 18.1 Å². The van der Waals surface area contributed by atoms with Crippen LogP contribution in [0.25, 0.3) is 0 Å². The minimum absolute atomic E-state index is 0.0187. The van der Waals surface area contributed by atoms with Gasteiger partial charge in [-0.1, -0.05) is 0 Å². The van der Waals surface area contributed by atoms with Crippen LogP contribution in [0.1, 0.15) is 38.5 Å². The van der Waals surface area contributed by atoms with Crippen molar-refractivity contribution in [2.75, 3.05) is 19.8 Å². The molecule has 7 aliphatic rings. The molecule has 6 bridgehead atoms. The fourth-order valence-corrected chi connectivity index (χ4v) is 7.50. The highest BCUT2D eigenvalue weighted by atomic mass is 31.2. The Morgan fingerprint density at radius 1 is 0.737 bits per heavy atom. The van der Waals surface area contributed by atoms with Gasteiger partial charge in [-0.25, -0.2) is 4.57 Å². The molecule has 0 radical (unpaired) electrons. The maximum absolute atomic E-state index is 11.9. The molecule has 0 atom stereocenters. The normalized spacial score (nSPS) is 62.6. The maximum atomic E-state index is 11.9. The first-order chi connectivity index (χ1) is 9.11. The van der Waals surface area contributed by atoms with Crippen LogP contribution in [0, 0.1) is 28.6 Å². The van der Waals surface area contributed by atoms with Crippen LogP contribution in [0.2, 0.25) is 0 Å². The molecule has 0 N–H and O–H groups in total. The molecule has 3 heterocycles. The number of phosphoric acid groups is 1. The molecule has 0 aromatic carbocycles. The summed E-state index contributed by atoms with van der Waals surface area (Å²) in [4.78, 5) is 0. The van der Waals surface area contributed by atoms with Gasteiger partial charge in [0, 0.05) is 5.41 Å². The van der Waals surface area contributed by atoms with E-state index >= 15 is 0 Å². The number of rotatable bonds is 1. The standard InChI is InChI=1S/C14H21O4P/c15-19-16-7-14(8-17-19,9-18-19)13-4-10-1-11(5-13)3-12(2-10)6-13/h10-12H,1-9H2. The average molecular weight is 284 g/mol. The summed E-state index contributed by atoms with van der Waals surface area (Å²) in [5.41, 5.74) is 0.322. The first-order valence-electron chi connectivity index (χ1n) is 7.64. The second-order valence-corrected chi connectivity index (χ2v) is 9.41. The highest BCUT2D eigenvalue weighted by Crippen LogP contribution is 2.71. The van der Waals surface area contributed by atoms with E-state index in [0.717, 1.165) is 17.8 Å². The average Bonchev–Trinajstić information content (AvgIpc) is 2.38. The lowest BCUT2D eigenvalue weighted by molar-refractivity contribution is -0.212. The molecular formula is C14H21O4P. The third kappa shape index (κ3) is 1.44. The number of hydrogen-bond donors (Lipinski definition) is 0. The van der Waals surface area contributed by atoms with E-state index < -0.39 is 7.82 Å². The van der Waals surface area contributed by atoms with E-state index in [9.17, 15) is 4.57 Å². The molecule has 0 aromatic heterocycles. The highest BCUT2D eigenvalue weighted by molar-refractivity contribution is 7.48. The van der Waals surface area contributed by atoms with Gasteiger partial charge < -0.3 is 0 Å². The lowest BCUT2D eigenvalue weighted by Gasteiger charge is -2.65. The summed E-state index contributed by atoms with van der Waals surface area (Å²) in [6.45, 7) is 1.78. The van der Waals surface area contributed by atoms with E-state index in [1.165, 1.54) is 38.5 Å². The second-order valence-electron chi connectivity index (χ2n) is 7.75. The molecule has 0 amide bonds. The topological polar surface area (TPSA) is 44.8 Å². The fraction of sp³-hybridized carbons (Fsp3) is 1.00. The fourth-order valence-electron chi connectivity index (χ4n) is 6.06. The number of phosphoric ester groups is 1. The zero-order valence-electron chi connectivity index (χ0n) is 11.2. The first kappa shape index (κ1) is 11.7. The van der Waals surface area contributed by atoms with Crippen molar-refractivity contribution in [3.63, 3.8) is 0 Å². The van der Waals surface area contributed by atoms with Crippen LogP contribution in [0.15, 0.2) is 0 Å². The van der Waals surface area contributed by atoms with Crippen LogP contribution in [0.4, 0.5) is 0 Å². The van der Waals surface area contributed by atoms with Crippen LogP contribution in [-0.4, -0.2) is 19.8 Å². The summed E-state index contributed by atoms with van der Waals surface area (Å²) >= 11 is 0. The molecule has 7 rings (SSSR count). The lowest BCUT2D eigenvalue weighted by atomic mass is 9.43. The van der Waals surface area contributed by atoms with Gasteiger partial charge in [0.1, 0.15) is 0 Å². The highest BCUT2D eigenvalue weighted by Gasteiger charge is 2.65. The maximum Gasteiger partial charge on any atom is 0.474 e. The third-order valence-electron chi connectivity index (χ3n) is 6.66. The van der Waals surface area contributed by atoms with Gasteiger partial charge in [-0.05, 0) is 61.7 Å². The molecule has 106 valence electrons. The Bertz CT molecular complexity index is 407. The van der Waals surface area contributed by atoms with Crippen LogP contribution < -0.4 is 0 Å². The monoisotopic (exact) mass is 284 g/mol. The molecule has 5 heteroatoms. The Hall–Kier alpha value is 0.110. The van der Waals surface area contributed by atoms with Gasteiger partial charge in [-0.3, -0.25) is 13.6 Å². The van der Waals surface area contributed by atoms with Crippen molar-refractivity contribution in [2.45, 2.75) is 38.5 Å². The molecule has 3 aliphatic heterocycles. The van der Waals surface area contributed by atoms with E-state index in [2.05, 4.69) is 0 Å². The van der Waals surface area contributed by atoms with Crippen molar-refractivity contribution in [2.24, 2.45) is 28.6 Å². The molecule has 0 aromatic rings. The largest absolute Gasteiger partial charge is 0.474 e. The molecule has 4 aliphatic carbocycles. The molecule has 3 saturated heterocycles. The van der Waals surface area contributed by atoms with Gasteiger partial charge in [0.25, 0.3) is 0 Å². The minimum Gasteiger partial charge on any atom is -0.286 e. The van der Waals surface area contributed by atoms with Gasteiger partial charge in [-0.2, -0.15) is 0 Å². The van der Waals surface area contributed by atoms with Gasteiger partial charge in [0.15, 0.2) is 0 Å². The van der Waals surface area contributed by atoms with E-state index in [4.69, 9.17) is 13.6 Å². The summed E-state index contributed by atoms with van der Waals surface area (Å²) in [7, 11) is -3.16. The third-order valence-corrected chi connectivity index (χ3v) is 8.00. The molecule has 4 saturated carbocycles. The SMILES string of the molecule is O=P12OCC(C34CC5CC(CC(C5)C3)C4)(CO1)CO2. The van der Waals surface area contributed by atoms with Crippen molar-refractivity contribution in [3.8, 4) is 0 Å². The van der Waals surface area contributed by atoms with Gasteiger partial charge in [0.2, 0.25) is 0 Å². The summed E-state index contributed by atoms with van der Waals surface area (Å²) in [5, 5.41) is 0. The quantitative estimate of drug-likeness (QED) is 0.692. The van der Waals surface area contributed by atoms with E-state index in [1.54, 1.807) is 0 Å². The molecule has 0 spiro atoms. The Morgan fingerprint density at radius 2 is 1.16 bits per heavy atom. The molecule has 4 nitrogen and oxygen atoms in total. The van der Waals surface area contributed by atoms with Gasteiger partial charge >= 0.3 is 7.82 Å². The van der Waals surface area contributed by atoms with E-state index in [-0.39, 0.29) is 5.41 Å².